The monoisotopic (exact) mass is 321 g/mol. The van der Waals surface area contributed by atoms with Crippen LogP contribution in [0.25, 0.3) is 0 Å². The van der Waals surface area contributed by atoms with Gasteiger partial charge in [-0.25, -0.2) is 13.6 Å². The molecular formula is C16H17F2N3O2. The zero-order valence-corrected chi connectivity index (χ0v) is 12.6. The average molecular weight is 321 g/mol. The summed E-state index contributed by atoms with van der Waals surface area (Å²) in [6, 6.07) is 5.96. The third-order valence-electron chi connectivity index (χ3n) is 2.94. The van der Waals surface area contributed by atoms with Gasteiger partial charge >= 0.3 is 6.03 Å². The minimum atomic E-state index is -0.779. The molecule has 1 aromatic heterocycles. The normalized spacial score (nSPS) is 11.6. The van der Waals surface area contributed by atoms with Crippen molar-refractivity contribution in [2.45, 2.75) is 19.5 Å². The predicted molar refractivity (Wildman–Crippen MR) is 80.9 cm³/mol. The largest absolute Gasteiger partial charge is 0.488 e. The summed E-state index contributed by atoms with van der Waals surface area (Å²) in [4.78, 5) is 15.7. The Labute approximate surface area is 132 Å². The summed E-state index contributed by atoms with van der Waals surface area (Å²) in [6.07, 6.45) is 3.31. The fourth-order valence-corrected chi connectivity index (χ4v) is 1.81. The highest BCUT2D eigenvalue weighted by atomic mass is 19.1. The number of nitrogens with zero attached hydrogens (tertiary/aromatic N) is 1. The van der Waals surface area contributed by atoms with Crippen molar-refractivity contribution >= 4 is 6.03 Å². The van der Waals surface area contributed by atoms with Crippen LogP contribution in [0.1, 0.15) is 12.5 Å². The van der Waals surface area contributed by atoms with E-state index in [-0.39, 0.29) is 24.4 Å². The highest BCUT2D eigenvalue weighted by Crippen LogP contribution is 2.17. The van der Waals surface area contributed by atoms with Crippen molar-refractivity contribution in [3.63, 3.8) is 0 Å². The van der Waals surface area contributed by atoms with E-state index >= 15 is 0 Å². The van der Waals surface area contributed by atoms with Crippen molar-refractivity contribution in [1.29, 1.82) is 0 Å². The van der Waals surface area contributed by atoms with E-state index in [0.29, 0.717) is 6.54 Å². The van der Waals surface area contributed by atoms with Crippen molar-refractivity contribution in [2.75, 3.05) is 6.61 Å². The first-order valence-corrected chi connectivity index (χ1v) is 7.05. The lowest BCUT2D eigenvalue weighted by Crippen LogP contribution is -2.43. The maximum Gasteiger partial charge on any atom is 0.315 e. The molecule has 5 nitrogen and oxygen atoms in total. The van der Waals surface area contributed by atoms with Crippen LogP contribution in [0.4, 0.5) is 13.6 Å². The summed E-state index contributed by atoms with van der Waals surface area (Å²) < 4.78 is 31.4. The number of hydrogen-bond donors (Lipinski definition) is 2. The van der Waals surface area contributed by atoms with Crippen molar-refractivity contribution in [1.82, 2.24) is 15.6 Å². The van der Waals surface area contributed by atoms with E-state index in [1.807, 2.05) is 6.07 Å². The Morgan fingerprint density at radius 3 is 2.87 bits per heavy atom. The number of rotatable bonds is 6. The Kier molecular flexibility index (Phi) is 5.85. The molecule has 0 saturated carbocycles. The third kappa shape index (κ3) is 5.54. The van der Waals surface area contributed by atoms with Crippen LogP contribution in [0.3, 0.4) is 0 Å². The highest BCUT2D eigenvalue weighted by molar-refractivity contribution is 5.74. The molecule has 0 aliphatic heterocycles. The van der Waals surface area contributed by atoms with Crippen molar-refractivity contribution in [2.24, 2.45) is 0 Å². The Hall–Kier alpha value is -2.70. The number of ether oxygens (including phenoxy) is 1. The number of benzene rings is 1. The number of carbonyl (C=O) groups is 1. The molecule has 7 heteroatoms. The SMILES string of the molecule is CC(COc1ccc(F)cc1F)NC(=O)NCc1cccnc1. The lowest BCUT2D eigenvalue weighted by Gasteiger charge is -2.16. The van der Waals surface area contributed by atoms with Crippen molar-refractivity contribution < 1.29 is 18.3 Å². The Morgan fingerprint density at radius 2 is 2.17 bits per heavy atom. The molecule has 0 aliphatic rings. The summed E-state index contributed by atoms with van der Waals surface area (Å²) >= 11 is 0. The van der Waals surface area contributed by atoms with Gasteiger partial charge in [0, 0.05) is 25.0 Å². The van der Waals surface area contributed by atoms with Crippen LogP contribution in [-0.4, -0.2) is 23.7 Å². The lowest BCUT2D eigenvalue weighted by atomic mass is 10.3. The van der Waals surface area contributed by atoms with Gasteiger partial charge in [0.15, 0.2) is 11.6 Å². The molecule has 1 unspecified atom stereocenters. The third-order valence-corrected chi connectivity index (χ3v) is 2.94. The molecule has 0 spiro atoms. The fourth-order valence-electron chi connectivity index (χ4n) is 1.81. The number of halogens is 2. The van der Waals surface area contributed by atoms with E-state index in [0.717, 1.165) is 17.7 Å². The van der Waals surface area contributed by atoms with Gasteiger partial charge in [-0.05, 0) is 30.7 Å². The molecule has 0 bridgehead atoms. The van der Waals surface area contributed by atoms with Crippen LogP contribution < -0.4 is 15.4 Å². The fraction of sp³-hybridized carbons (Fsp3) is 0.250. The van der Waals surface area contributed by atoms with Gasteiger partial charge in [0.2, 0.25) is 0 Å². The molecule has 1 atom stereocenters. The second-order valence-corrected chi connectivity index (χ2v) is 4.98. The van der Waals surface area contributed by atoms with Gasteiger partial charge in [-0.2, -0.15) is 0 Å². The van der Waals surface area contributed by atoms with E-state index in [4.69, 9.17) is 4.74 Å². The van der Waals surface area contributed by atoms with Gasteiger partial charge in [0.05, 0.1) is 6.04 Å². The van der Waals surface area contributed by atoms with Crippen LogP contribution >= 0.6 is 0 Å². The van der Waals surface area contributed by atoms with Gasteiger partial charge in [0.1, 0.15) is 12.4 Å². The van der Waals surface area contributed by atoms with Gasteiger partial charge in [-0.3, -0.25) is 4.98 Å². The van der Waals surface area contributed by atoms with Crippen LogP contribution in [0.15, 0.2) is 42.7 Å². The molecule has 2 rings (SSSR count). The van der Waals surface area contributed by atoms with Crippen molar-refractivity contribution in [3.05, 3.63) is 59.9 Å². The summed E-state index contributed by atoms with van der Waals surface area (Å²) in [5.74, 6) is -1.51. The summed E-state index contributed by atoms with van der Waals surface area (Å²) in [5.41, 5.74) is 0.875. The molecule has 1 heterocycles. The van der Waals surface area contributed by atoms with Crippen LogP contribution in [0, 0.1) is 11.6 Å². The molecule has 0 radical (unpaired) electrons. The molecule has 0 saturated heterocycles. The van der Waals surface area contributed by atoms with E-state index in [2.05, 4.69) is 15.6 Å². The van der Waals surface area contributed by atoms with Crippen LogP contribution in [0.2, 0.25) is 0 Å². The topological polar surface area (TPSA) is 63.2 Å². The number of amides is 2. The van der Waals surface area contributed by atoms with Gasteiger partial charge in [-0.15, -0.1) is 0 Å². The Bertz CT molecular complexity index is 653. The quantitative estimate of drug-likeness (QED) is 0.860. The number of nitrogens with one attached hydrogen (secondary N) is 2. The number of aromatic nitrogens is 1. The second-order valence-electron chi connectivity index (χ2n) is 4.98. The minimum absolute atomic E-state index is 0.0584. The zero-order chi connectivity index (χ0) is 16.7. The van der Waals surface area contributed by atoms with Gasteiger partial charge < -0.3 is 15.4 Å². The summed E-state index contributed by atoms with van der Waals surface area (Å²) in [7, 11) is 0. The standard InChI is InChI=1S/C16H17F2N3O2/c1-11(10-23-15-5-4-13(17)7-14(15)18)21-16(22)20-9-12-3-2-6-19-8-12/h2-8,11H,9-10H2,1H3,(H2,20,21,22). The maximum absolute atomic E-state index is 13.4. The smallest absolute Gasteiger partial charge is 0.315 e. The molecule has 2 aromatic rings. The Morgan fingerprint density at radius 1 is 1.35 bits per heavy atom. The van der Waals surface area contributed by atoms with Gasteiger partial charge in [0.25, 0.3) is 0 Å². The maximum atomic E-state index is 13.4. The molecule has 2 amide bonds. The lowest BCUT2D eigenvalue weighted by molar-refractivity contribution is 0.224. The second kappa shape index (κ2) is 8.07. The first-order chi connectivity index (χ1) is 11.0. The summed E-state index contributed by atoms with van der Waals surface area (Å²) in [6.45, 7) is 2.12. The van der Waals surface area contributed by atoms with E-state index < -0.39 is 11.6 Å². The number of pyridine rings is 1. The van der Waals surface area contributed by atoms with Gasteiger partial charge in [-0.1, -0.05) is 6.07 Å². The number of carbonyl (C=O) groups excluding carboxylic acids is 1. The van der Waals surface area contributed by atoms with E-state index in [1.165, 1.54) is 6.07 Å². The minimum Gasteiger partial charge on any atom is -0.488 e. The average Bonchev–Trinajstić information content (AvgIpc) is 2.53. The Balaban J connectivity index is 1.73. The van der Waals surface area contributed by atoms with E-state index in [9.17, 15) is 13.6 Å². The summed E-state index contributed by atoms with van der Waals surface area (Å²) in [5, 5.41) is 5.34. The molecule has 122 valence electrons. The van der Waals surface area contributed by atoms with Crippen molar-refractivity contribution in [3.8, 4) is 5.75 Å². The molecule has 0 fully saturated rings. The van der Waals surface area contributed by atoms with Crippen LogP contribution in [0.5, 0.6) is 5.75 Å². The molecular weight excluding hydrogens is 304 g/mol. The zero-order valence-electron chi connectivity index (χ0n) is 12.6. The first-order valence-electron chi connectivity index (χ1n) is 7.05. The van der Waals surface area contributed by atoms with E-state index in [1.54, 1.807) is 25.4 Å². The molecule has 23 heavy (non-hydrogen) atoms. The number of urea groups is 1. The molecule has 2 N–H and O–H groups in total. The molecule has 1 aromatic carbocycles. The first kappa shape index (κ1) is 16.7. The molecule has 0 aliphatic carbocycles. The predicted octanol–water partition coefficient (Wildman–Crippen LogP) is 2.63. The highest BCUT2D eigenvalue weighted by Gasteiger charge is 2.10. The number of hydrogen-bond acceptors (Lipinski definition) is 3. The van der Waals surface area contributed by atoms with Crippen LogP contribution in [-0.2, 0) is 6.54 Å².